The van der Waals surface area contributed by atoms with Crippen molar-refractivity contribution in [1.29, 1.82) is 0 Å². The van der Waals surface area contributed by atoms with Gasteiger partial charge in [0.2, 0.25) is 0 Å². The van der Waals surface area contributed by atoms with Gasteiger partial charge in [0, 0.05) is 0 Å². The Kier molecular flexibility index (Phi) is 5.43. The van der Waals surface area contributed by atoms with Gasteiger partial charge in [-0.05, 0) is 55.3 Å². The van der Waals surface area contributed by atoms with Crippen molar-refractivity contribution in [3.63, 3.8) is 0 Å². The van der Waals surface area contributed by atoms with Gasteiger partial charge in [0.1, 0.15) is 0 Å². The van der Waals surface area contributed by atoms with Crippen LogP contribution in [0.2, 0.25) is 0 Å². The van der Waals surface area contributed by atoms with E-state index in [0.29, 0.717) is 5.56 Å². The number of ether oxygens (including phenoxy) is 1. The van der Waals surface area contributed by atoms with Gasteiger partial charge in [0.25, 0.3) is 10.0 Å². The Hall–Kier alpha value is -2.87. The van der Waals surface area contributed by atoms with Crippen LogP contribution in [0.5, 0.6) is 0 Å². The van der Waals surface area contributed by atoms with Gasteiger partial charge in [-0.15, -0.1) is 0 Å². The summed E-state index contributed by atoms with van der Waals surface area (Å²) in [6.45, 7) is 3.53. The standard InChI is InChI=1S/C17H17NO6S/c1-3-24-17(21)12-6-8-14(9-7-12)25(22,23)18-15-10-13(16(19)20)5-4-11(15)2/h4-10,18H,3H2,1-2H3,(H,19,20)/p-1. The fourth-order valence-corrected chi connectivity index (χ4v) is 3.17. The minimum Gasteiger partial charge on any atom is -0.545 e. The molecular formula is C17H16NO6S-. The molecule has 0 aliphatic heterocycles. The Morgan fingerprint density at radius 1 is 1.08 bits per heavy atom. The number of aromatic carboxylic acids is 1. The number of esters is 1. The van der Waals surface area contributed by atoms with Crippen LogP contribution < -0.4 is 9.83 Å². The number of hydrogen-bond donors (Lipinski definition) is 1. The average Bonchev–Trinajstić information content (AvgIpc) is 2.57. The zero-order valence-corrected chi connectivity index (χ0v) is 14.4. The first kappa shape index (κ1) is 18.5. The fourth-order valence-electron chi connectivity index (χ4n) is 2.05. The van der Waals surface area contributed by atoms with Crippen LogP contribution in [0.4, 0.5) is 5.69 Å². The van der Waals surface area contributed by atoms with Gasteiger partial charge >= 0.3 is 5.97 Å². The highest BCUT2D eigenvalue weighted by Crippen LogP contribution is 2.21. The Morgan fingerprint density at radius 3 is 2.24 bits per heavy atom. The summed E-state index contributed by atoms with van der Waals surface area (Å²) >= 11 is 0. The lowest BCUT2D eigenvalue weighted by Crippen LogP contribution is -2.22. The third-order valence-electron chi connectivity index (χ3n) is 3.39. The van der Waals surface area contributed by atoms with Crippen LogP contribution in [-0.4, -0.2) is 27.0 Å². The SMILES string of the molecule is CCOC(=O)c1ccc(S(=O)(=O)Nc2cc(C(=O)[O-])ccc2C)cc1. The summed E-state index contributed by atoms with van der Waals surface area (Å²) in [7, 11) is -3.95. The van der Waals surface area contributed by atoms with Crippen LogP contribution in [0.25, 0.3) is 0 Å². The van der Waals surface area contributed by atoms with Crippen molar-refractivity contribution in [2.75, 3.05) is 11.3 Å². The summed E-state index contributed by atoms with van der Waals surface area (Å²) in [4.78, 5) is 22.4. The smallest absolute Gasteiger partial charge is 0.338 e. The molecule has 0 radical (unpaired) electrons. The quantitative estimate of drug-likeness (QED) is 0.776. The maximum absolute atomic E-state index is 12.5. The van der Waals surface area contributed by atoms with Crippen molar-refractivity contribution >= 4 is 27.6 Å². The minimum absolute atomic E-state index is 0.0706. The summed E-state index contributed by atoms with van der Waals surface area (Å²) in [6.07, 6.45) is 0. The predicted octanol–water partition coefficient (Wildman–Crippen LogP) is 1.34. The van der Waals surface area contributed by atoms with E-state index in [1.807, 2.05) is 0 Å². The maximum Gasteiger partial charge on any atom is 0.338 e. The van der Waals surface area contributed by atoms with Crippen LogP contribution in [0, 0.1) is 6.92 Å². The highest BCUT2D eigenvalue weighted by molar-refractivity contribution is 7.92. The van der Waals surface area contributed by atoms with E-state index in [9.17, 15) is 23.1 Å². The third-order valence-corrected chi connectivity index (χ3v) is 4.77. The molecule has 8 heteroatoms. The molecule has 2 rings (SSSR count). The highest BCUT2D eigenvalue weighted by Gasteiger charge is 2.17. The van der Waals surface area contributed by atoms with Gasteiger partial charge in [-0.3, -0.25) is 4.72 Å². The van der Waals surface area contributed by atoms with Gasteiger partial charge in [-0.1, -0.05) is 12.1 Å². The third kappa shape index (κ3) is 4.36. The van der Waals surface area contributed by atoms with E-state index in [1.54, 1.807) is 13.8 Å². The van der Waals surface area contributed by atoms with E-state index in [-0.39, 0.29) is 28.3 Å². The minimum atomic E-state index is -3.95. The maximum atomic E-state index is 12.5. The van der Waals surface area contributed by atoms with Gasteiger partial charge < -0.3 is 14.6 Å². The number of nitrogens with one attached hydrogen (secondary N) is 1. The summed E-state index contributed by atoms with van der Waals surface area (Å²) < 4.78 is 32.1. The highest BCUT2D eigenvalue weighted by atomic mass is 32.2. The second-order valence-electron chi connectivity index (χ2n) is 5.17. The van der Waals surface area contributed by atoms with Gasteiger partial charge in [0.05, 0.1) is 28.7 Å². The molecule has 132 valence electrons. The number of hydrogen-bond acceptors (Lipinski definition) is 6. The first-order valence-corrected chi connectivity index (χ1v) is 8.85. The zero-order valence-electron chi connectivity index (χ0n) is 13.6. The largest absolute Gasteiger partial charge is 0.545 e. The number of carbonyl (C=O) groups excluding carboxylic acids is 2. The zero-order chi connectivity index (χ0) is 18.6. The van der Waals surface area contributed by atoms with E-state index in [2.05, 4.69) is 4.72 Å². The van der Waals surface area contributed by atoms with E-state index in [1.165, 1.54) is 42.5 Å². The normalized spacial score (nSPS) is 11.0. The Bertz CT molecular complexity index is 903. The number of sulfonamides is 1. The van der Waals surface area contributed by atoms with Gasteiger partial charge in [-0.25, -0.2) is 13.2 Å². The molecule has 0 amide bonds. The van der Waals surface area contributed by atoms with Gasteiger partial charge in [0.15, 0.2) is 0 Å². The molecule has 25 heavy (non-hydrogen) atoms. The predicted molar refractivity (Wildman–Crippen MR) is 88.7 cm³/mol. The molecule has 0 saturated carbocycles. The summed E-state index contributed by atoms with van der Waals surface area (Å²) in [6, 6.07) is 9.23. The molecule has 0 atom stereocenters. The van der Waals surface area contributed by atoms with Gasteiger partial charge in [-0.2, -0.15) is 0 Å². The number of anilines is 1. The van der Waals surface area contributed by atoms with Crippen LogP contribution in [0.15, 0.2) is 47.4 Å². The molecule has 0 aliphatic carbocycles. The van der Waals surface area contributed by atoms with Crippen LogP contribution in [0.3, 0.4) is 0 Å². The van der Waals surface area contributed by atoms with Crippen molar-refractivity contribution in [2.24, 2.45) is 0 Å². The summed E-state index contributed by atoms with van der Waals surface area (Å²) in [5, 5.41) is 10.9. The molecular weight excluding hydrogens is 346 g/mol. The molecule has 0 saturated heterocycles. The number of carboxylic acids is 1. The molecule has 0 fully saturated rings. The molecule has 2 aromatic rings. The second kappa shape index (κ2) is 7.35. The lowest BCUT2D eigenvalue weighted by molar-refractivity contribution is -0.255. The van der Waals surface area contributed by atoms with Crippen molar-refractivity contribution in [1.82, 2.24) is 0 Å². The monoisotopic (exact) mass is 362 g/mol. The first-order valence-electron chi connectivity index (χ1n) is 7.36. The molecule has 0 spiro atoms. The fraction of sp³-hybridized carbons (Fsp3) is 0.176. The number of aryl methyl sites for hydroxylation is 1. The molecule has 0 bridgehead atoms. The van der Waals surface area contributed by atoms with Crippen LogP contribution >= 0.6 is 0 Å². The Balaban J connectivity index is 2.29. The number of rotatable bonds is 6. The number of carboxylic acid groups (broad SMARTS) is 1. The van der Waals surface area contributed by atoms with E-state index in [4.69, 9.17) is 4.74 Å². The topological polar surface area (TPSA) is 113 Å². The lowest BCUT2D eigenvalue weighted by atomic mass is 10.1. The van der Waals surface area contributed by atoms with Crippen molar-refractivity contribution in [3.8, 4) is 0 Å². The number of carbonyl (C=O) groups is 2. The molecule has 0 aromatic heterocycles. The van der Waals surface area contributed by atoms with E-state index >= 15 is 0 Å². The van der Waals surface area contributed by atoms with Crippen LogP contribution in [-0.2, 0) is 14.8 Å². The number of benzene rings is 2. The van der Waals surface area contributed by atoms with Crippen molar-refractivity contribution < 1.29 is 27.9 Å². The molecule has 7 nitrogen and oxygen atoms in total. The van der Waals surface area contributed by atoms with E-state index in [0.717, 1.165) is 0 Å². The average molecular weight is 362 g/mol. The van der Waals surface area contributed by atoms with Crippen molar-refractivity contribution in [2.45, 2.75) is 18.7 Å². The summed E-state index contributed by atoms with van der Waals surface area (Å²) in [5.74, 6) is -1.95. The Morgan fingerprint density at radius 2 is 1.68 bits per heavy atom. The van der Waals surface area contributed by atoms with Crippen molar-refractivity contribution in [3.05, 3.63) is 59.2 Å². The first-order chi connectivity index (χ1) is 11.7. The Labute approximate surface area is 145 Å². The molecule has 0 aliphatic rings. The van der Waals surface area contributed by atoms with E-state index < -0.39 is 22.0 Å². The molecule has 1 N–H and O–H groups in total. The molecule has 0 unspecified atom stereocenters. The van der Waals surface area contributed by atoms with Crippen LogP contribution in [0.1, 0.15) is 33.2 Å². The summed E-state index contributed by atoms with van der Waals surface area (Å²) in [5.41, 5.74) is 0.782. The molecule has 0 heterocycles. The lowest BCUT2D eigenvalue weighted by Gasteiger charge is -2.13. The second-order valence-corrected chi connectivity index (χ2v) is 6.85. The molecule has 2 aromatic carbocycles.